The standard InChI is InChI=1S/C12H17ClN2O2/c1-4-15(5-2)12(16)14-9-6-7-11(17-3)10(13)8-9/h6-8H,4-5H2,1-3H3,(H,14,16). The summed E-state index contributed by atoms with van der Waals surface area (Å²) in [5, 5.41) is 3.26. The molecule has 0 aliphatic rings. The highest BCUT2D eigenvalue weighted by Crippen LogP contribution is 2.27. The lowest BCUT2D eigenvalue weighted by atomic mass is 10.3. The molecule has 4 nitrogen and oxygen atoms in total. The molecule has 1 N–H and O–H groups in total. The summed E-state index contributed by atoms with van der Waals surface area (Å²) < 4.78 is 5.04. The zero-order valence-corrected chi connectivity index (χ0v) is 11.0. The summed E-state index contributed by atoms with van der Waals surface area (Å²) in [6.07, 6.45) is 0. The monoisotopic (exact) mass is 256 g/mol. The Morgan fingerprint density at radius 2 is 2.06 bits per heavy atom. The molecular formula is C12H17ClN2O2. The zero-order chi connectivity index (χ0) is 12.8. The van der Waals surface area contributed by atoms with E-state index in [1.165, 1.54) is 0 Å². The fraction of sp³-hybridized carbons (Fsp3) is 0.417. The minimum Gasteiger partial charge on any atom is -0.495 e. The van der Waals surface area contributed by atoms with Gasteiger partial charge >= 0.3 is 6.03 Å². The van der Waals surface area contributed by atoms with Crippen LogP contribution < -0.4 is 10.1 Å². The van der Waals surface area contributed by atoms with E-state index < -0.39 is 0 Å². The molecule has 0 radical (unpaired) electrons. The second-order valence-corrected chi connectivity index (χ2v) is 3.86. The summed E-state index contributed by atoms with van der Waals surface area (Å²) in [6.45, 7) is 5.21. The largest absolute Gasteiger partial charge is 0.495 e. The summed E-state index contributed by atoms with van der Waals surface area (Å²) in [7, 11) is 1.55. The average molecular weight is 257 g/mol. The van der Waals surface area contributed by atoms with Gasteiger partial charge in [-0.05, 0) is 32.0 Å². The van der Waals surface area contributed by atoms with Crippen molar-refractivity contribution in [2.24, 2.45) is 0 Å². The van der Waals surface area contributed by atoms with Crippen molar-refractivity contribution in [3.63, 3.8) is 0 Å². The lowest BCUT2D eigenvalue weighted by Gasteiger charge is -2.19. The van der Waals surface area contributed by atoms with Gasteiger partial charge in [0.05, 0.1) is 12.1 Å². The number of amides is 2. The van der Waals surface area contributed by atoms with Crippen molar-refractivity contribution in [1.82, 2.24) is 4.90 Å². The van der Waals surface area contributed by atoms with Gasteiger partial charge in [0.2, 0.25) is 0 Å². The Hall–Kier alpha value is -1.42. The van der Waals surface area contributed by atoms with Gasteiger partial charge in [0, 0.05) is 18.8 Å². The molecule has 0 aliphatic heterocycles. The lowest BCUT2D eigenvalue weighted by molar-refractivity contribution is 0.217. The molecule has 0 saturated carbocycles. The molecule has 5 heteroatoms. The quantitative estimate of drug-likeness (QED) is 0.899. The number of ether oxygens (including phenoxy) is 1. The number of carbonyl (C=O) groups is 1. The first-order valence-corrected chi connectivity index (χ1v) is 5.89. The van der Waals surface area contributed by atoms with Gasteiger partial charge in [-0.2, -0.15) is 0 Å². The van der Waals surface area contributed by atoms with Gasteiger partial charge in [0.15, 0.2) is 0 Å². The molecule has 94 valence electrons. The summed E-state index contributed by atoms with van der Waals surface area (Å²) in [4.78, 5) is 13.5. The molecule has 0 atom stereocenters. The molecule has 0 saturated heterocycles. The number of nitrogens with one attached hydrogen (secondary N) is 1. The van der Waals surface area contributed by atoms with Crippen LogP contribution in [0.5, 0.6) is 5.75 Å². The van der Waals surface area contributed by atoms with E-state index in [4.69, 9.17) is 16.3 Å². The number of hydrogen-bond donors (Lipinski definition) is 1. The highest BCUT2D eigenvalue weighted by Gasteiger charge is 2.10. The Balaban J connectivity index is 2.75. The third-order valence-electron chi connectivity index (χ3n) is 2.45. The third kappa shape index (κ3) is 3.53. The summed E-state index contributed by atoms with van der Waals surface area (Å²) in [5.41, 5.74) is 0.660. The van der Waals surface area contributed by atoms with Crippen molar-refractivity contribution in [3.05, 3.63) is 23.2 Å². The van der Waals surface area contributed by atoms with E-state index >= 15 is 0 Å². The van der Waals surface area contributed by atoms with E-state index in [1.54, 1.807) is 30.2 Å². The molecule has 0 bridgehead atoms. The third-order valence-corrected chi connectivity index (χ3v) is 2.75. The summed E-state index contributed by atoms with van der Waals surface area (Å²) in [6, 6.07) is 5.02. The van der Waals surface area contributed by atoms with Crippen molar-refractivity contribution in [1.29, 1.82) is 0 Å². The van der Waals surface area contributed by atoms with Crippen LogP contribution in [-0.4, -0.2) is 31.1 Å². The van der Waals surface area contributed by atoms with Crippen LogP contribution >= 0.6 is 11.6 Å². The molecule has 17 heavy (non-hydrogen) atoms. The number of rotatable bonds is 4. The average Bonchev–Trinajstić information content (AvgIpc) is 2.31. The number of halogens is 1. The Bertz CT molecular complexity index is 392. The van der Waals surface area contributed by atoms with Gasteiger partial charge < -0.3 is 15.0 Å². The Kier molecular flexibility index (Phi) is 5.10. The number of anilines is 1. The molecule has 0 heterocycles. The first-order chi connectivity index (χ1) is 8.12. The van der Waals surface area contributed by atoms with Crippen molar-refractivity contribution in [3.8, 4) is 5.75 Å². The first kappa shape index (κ1) is 13.6. The fourth-order valence-corrected chi connectivity index (χ4v) is 1.72. The van der Waals surface area contributed by atoms with E-state index in [0.717, 1.165) is 0 Å². The van der Waals surface area contributed by atoms with Crippen LogP contribution in [0.3, 0.4) is 0 Å². The number of nitrogens with zero attached hydrogens (tertiary/aromatic N) is 1. The lowest BCUT2D eigenvalue weighted by Crippen LogP contribution is -2.34. The van der Waals surface area contributed by atoms with Crippen LogP contribution in [0.2, 0.25) is 5.02 Å². The second kappa shape index (κ2) is 6.35. The Morgan fingerprint density at radius 1 is 1.41 bits per heavy atom. The summed E-state index contributed by atoms with van der Waals surface area (Å²) in [5.74, 6) is 0.590. The van der Waals surface area contributed by atoms with Crippen LogP contribution in [0.1, 0.15) is 13.8 Å². The van der Waals surface area contributed by atoms with Crippen LogP contribution in [0, 0.1) is 0 Å². The maximum absolute atomic E-state index is 11.8. The van der Waals surface area contributed by atoms with Crippen LogP contribution in [0.15, 0.2) is 18.2 Å². The minimum absolute atomic E-state index is 0.128. The normalized spacial score (nSPS) is 9.88. The number of benzene rings is 1. The topological polar surface area (TPSA) is 41.6 Å². The molecule has 1 aromatic carbocycles. The predicted molar refractivity (Wildman–Crippen MR) is 69.9 cm³/mol. The molecule has 0 aliphatic carbocycles. The minimum atomic E-state index is -0.128. The number of methoxy groups -OCH3 is 1. The fourth-order valence-electron chi connectivity index (χ4n) is 1.46. The van der Waals surface area contributed by atoms with Crippen molar-refractivity contribution >= 4 is 23.3 Å². The molecule has 2 amide bonds. The summed E-state index contributed by atoms with van der Waals surface area (Å²) >= 11 is 5.97. The molecule has 1 aromatic rings. The molecular weight excluding hydrogens is 240 g/mol. The van der Waals surface area contributed by atoms with Gasteiger partial charge in [-0.25, -0.2) is 4.79 Å². The predicted octanol–water partition coefficient (Wildman–Crippen LogP) is 3.22. The maximum atomic E-state index is 11.8. The highest BCUT2D eigenvalue weighted by molar-refractivity contribution is 6.32. The van der Waals surface area contributed by atoms with Crippen LogP contribution in [0.25, 0.3) is 0 Å². The zero-order valence-electron chi connectivity index (χ0n) is 10.3. The maximum Gasteiger partial charge on any atom is 0.321 e. The molecule has 0 unspecified atom stereocenters. The van der Waals surface area contributed by atoms with E-state index in [1.807, 2.05) is 13.8 Å². The number of urea groups is 1. The highest BCUT2D eigenvalue weighted by atomic mass is 35.5. The molecule has 0 aromatic heterocycles. The van der Waals surface area contributed by atoms with Crippen LogP contribution in [-0.2, 0) is 0 Å². The van der Waals surface area contributed by atoms with E-state index in [0.29, 0.717) is 29.5 Å². The van der Waals surface area contributed by atoms with Gasteiger partial charge in [0.25, 0.3) is 0 Å². The van der Waals surface area contributed by atoms with E-state index in [9.17, 15) is 4.79 Å². The Labute approximate surface area is 107 Å². The molecule has 0 spiro atoms. The van der Waals surface area contributed by atoms with Gasteiger partial charge in [0.1, 0.15) is 5.75 Å². The van der Waals surface area contributed by atoms with E-state index in [2.05, 4.69) is 5.32 Å². The molecule has 1 rings (SSSR count). The second-order valence-electron chi connectivity index (χ2n) is 3.45. The van der Waals surface area contributed by atoms with Crippen molar-refractivity contribution < 1.29 is 9.53 Å². The SMILES string of the molecule is CCN(CC)C(=O)Nc1ccc(OC)c(Cl)c1. The first-order valence-electron chi connectivity index (χ1n) is 5.51. The van der Waals surface area contributed by atoms with Gasteiger partial charge in [-0.1, -0.05) is 11.6 Å². The van der Waals surface area contributed by atoms with Crippen molar-refractivity contribution in [2.75, 3.05) is 25.5 Å². The van der Waals surface area contributed by atoms with Gasteiger partial charge in [-0.3, -0.25) is 0 Å². The smallest absolute Gasteiger partial charge is 0.321 e. The Morgan fingerprint density at radius 3 is 2.53 bits per heavy atom. The van der Waals surface area contributed by atoms with Gasteiger partial charge in [-0.15, -0.1) is 0 Å². The number of hydrogen-bond acceptors (Lipinski definition) is 2. The van der Waals surface area contributed by atoms with Crippen LogP contribution in [0.4, 0.5) is 10.5 Å². The molecule has 0 fully saturated rings. The van der Waals surface area contributed by atoms with Crippen molar-refractivity contribution in [2.45, 2.75) is 13.8 Å². The van der Waals surface area contributed by atoms with E-state index in [-0.39, 0.29) is 6.03 Å². The number of carbonyl (C=O) groups excluding carboxylic acids is 1.